The Morgan fingerprint density at radius 2 is 1.61 bits per heavy atom. The summed E-state index contributed by atoms with van der Waals surface area (Å²) in [7, 11) is 0. The van der Waals surface area contributed by atoms with Gasteiger partial charge in [-0.1, -0.05) is 60.7 Å². The third-order valence-corrected chi connectivity index (χ3v) is 3.94. The Morgan fingerprint density at radius 1 is 0.957 bits per heavy atom. The molecule has 0 radical (unpaired) electrons. The van der Waals surface area contributed by atoms with Crippen LogP contribution in [0.15, 0.2) is 83.5 Å². The van der Waals surface area contributed by atoms with Crippen molar-refractivity contribution in [3.63, 3.8) is 0 Å². The maximum atomic E-state index is 12.9. The Bertz CT molecular complexity index is 736. The highest BCUT2D eigenvalue weighted by atomic mass is 16.3. The third-order valence-electron chi connectivity index (χ3n) is 3.94. The first kappa shape index (κ1) is 15.1. The number of hydrogen-bond donors (Lipinski definition) is 0. The zero-order valence-corrected chi connectivity index (χ0v) is 13.1. The van der Waals surface area contributed by atoms with Gasteiger partial charge in [-0.3, -0.25) is 4.79 Å². The van der Waals surface area contributed by atoms with Crippen LogP contribution in [0, 0.1) is 0 Å². The highest BCUT2D eigenvalue weighted by Crippen LogP contribution is 2.24. The normalized spacial score (nSPS) is 11.9. The predicted octanol–water partition coefficient (Wildman–Crippen LogP) is 4.68. The van der Waals surface area contributed by atoms with Crippen molar-refractivity contribution < 1.29 is 9.21 Å². The van der Waals surface area contributed by atoms with E-state index >= 15 is 0 Å². The van der Waals surface area contributed by atoms with Crippen molar-refractivity contribution in [1.29, 1.82) is 0 Å². The first-order chi connectivity index (χ1) is 11.3. The summed E-state index contributed by atoms with van der Waals surface area (Å²) < 4.78 is 5.31. The van der Waals surface area contributed by atoms with E-state index < -0.39 is 0 Å². The standard InChI is InChI=1S/C20H19NO2/c1-16(18-11-6-3-7-12-18)21(15-17-9-4-2-5-10-17)20(22)19-13-8-14-23-19/h2-14,16H,15H2,1H3/t16-/m1/s1. The second-order valence-electron chi connectivity index (χ2n) is 5.48. The van der Waals surface area contributed by atoms with Crippen LogP contribution in [0.3, 0.4) is 0 Å². The zero-order chi connectivity index (χ0) is 16.1. The molecular weight excluding hydrogens is 286 g/mol. The minimum atomic E-state index is -0.102. The molecule has 23 heavy (non-hydrogen) atoms. The second kappa shape index (κ2) is 6.97. The van der Waals surface area contributed by atoms with Gasteiger partial charge >= 0.3 is 0 Å². The van der Waals surface area contributed by atoms with E-state index in [2.05, 4.69) is 0 Å². The number of hydrogen-bond acceptors (Lipinski definition) is 2. The number of carbonyl (C=O) groups excluding carboxylic acids is 1. The molecule has 0 saturated heterocycles. The SMILES string of the molecule is C[C@H](c1ccccc1)N(Cc1ccccc1)C(=O)c1ccco1. The van der Waals surface area contributed by atoms with E-state index in [9.17, 15) is 4.79 Å². The summed E-state index contributed by atoms with van der Waals surface area (Å²) in [6, 6.07) is 23.4. The zero-order valence-electron chi connectivity index (χ0n) is 13.1. The van der Waals surface area contributed by atoms with Crippen LogP contribution in [-0.2, 0) is 6.54 Å². The van der Waals surface area contributed by atoms with Crippen molar-refractivity contribution in [2.75, 3.05) is 0 Å². The summed E-state index contributed by atoms with van der Waals surface area (Å²) in [6.07, 6.45) is 1.53. The molecule has 116 valence electrons. The van der Waals surface area contributed by atoms with E-state index in [1.807, 2.05) is 72.5 Å². The van der Waals surface area contributed by atoms with Gasteiger partial charge in [0.15, 0.2) is 5.76 Å². The lowest BCUT2D eigenvalue weighted by Gasteiger charge is -2.29. The maximum Gasteiger partial charge on any atom is 0.290 e. The molecular formula is C20H19NO2. The number of nitrogens with zero attached hydrogens (tertiary/aromatic N) is 1. The molecule has 1 amide bonds. The van der Waals surface area contributed by atoms with Crippen LogP contribution in [0.4, 0.5) is 0 Å². The minimum Gasteiger partial charge on any atom is -0.459 e. The van der Waals surface area contributed by atoms with Crippen LogP contribution in [0.25, 0.3) is 0 Å². The summed E-state index contributed by atoms with van der Waals surface area (Å²) >= 11 is 0. The van der Waals surface area contributed by atoms with Crippen LogP contribution in [0.5, 0.6) is 0 Å². The average molecular weight is 305 g/mol. The lowest BCUT2D eigenvalue weighted by Crippen LogP contribution is -2.33. The number of amides is 1. The fourth-order valence-corrected chi connectivity index (χ4v) is 2.62. The van der Waals surface area contributed by atoms with Gasteiger partial charge in [-0.2, -0.15) is 0 Å². The van der Waals surface area contributed by atoms with Gasteiger partial charge in [-0.25, -0.2) is 0 Å². The van der Waals surface area contributed by atoms with Crippen molar-refractivity contribution in [2.45, 2.75) is 19.5 Å². The van der Waals surface area contributed by atoms with Gasteiger partial charge in [0.25, 0.3) is 5.91 Å². The molecule has 0 fully saturated rings. The van der Waals surface area contributed by atoms with Crippen LogP contribution in [0.1, 0.15) is 34.6 Å². The molecule has 0 spiro atoms. The largest absolute Gasteiger partial charge is 0.459 e. The molecule has 1 atom stereocenters. The lowest BCUT2D eigenvalue weighted by molar-refractivity contribution is 0.0641. The second-order valence-corrected chi connectivity index (χ2v) is 5.48. The molecule has 0 bridgehead atoms. The molecule has 2 aromatic carbocycles. The van der Waals surface area contributed by atoms with E-state index in [1.54, 1.807) is 12.1 Å². The molecule has 1 aromatic heterocycles. The first-order valence-electron chi connectivity index (χ1n) is 7.69. The molecule has 1 heterocycles. The Hall–Kier alpha value is -2.81. The van der Waals surface area contributed by atoms with Gasteiger partial charge in [-0.15, -0.1) is 0 Å². The van der Waals surface area contributed by atoms with Gasteiger partial charge in [0.2, 0.25) is 0 Å². The van der Waals surface area contributed by atoms with Crippen LogP contribution < -0.4 is 0 Å². The smallest absolute Gasteiger partial charge is 0.290 e. The molecule has 3 nitrogen and oxygen atoms in total. The van der Waals surface area contributed by atoms with Gasteiger partial charge in [-0.05, 0) is 30.2 Å². The molecule has 0 N–H and O–H groups in total. The van der Waals surface area contributed by atoms with Crippen molar-refractivity contribution >= 4 is 5.91 Å². The topological polar surface area (TPSA) is 33.5 Å². The Morgan fingerprint density at radius 3 is 2.22 bits per heavy atom. The summed E-state index contributed by atoms with van der Waals surface area (Å²) in [5.74, 6) is 0.263. The highest BCUT2D eigenvalue weighted by Gasteiger charge is 2.24. The molecule has 3 aromatic rings. The van der Waals surface area contributed by atoms with Gasteiger partial charge in [0, 0.05) is 6.54 Å². The number of furan rings is 1. The van der Waals surface area contributed by atoms with E-state index in [0.717, 1.165) is 11.1 Å². The molecule has 0 aliphatic carbocycles. The van der Waals surface area contributed by atoms with Gasteiger partial charge < -0.3 is 9.32 Å². The molecule has 0 aliphatic heterocycles. The van der Waals surface area contributed by atoms with Crippen molar-refractivity contribution in [2.24, 2.45) is 0 Å². The molecule has 3 heteroatoms. The highest BCUT2D eigenvalue weighted by molar-refractivity contribution is 5.91. The lowest BCUT2D eigenvalue weighted by atomic mass is 10.1. The number of rotatable bonds is 5. The van der Waals surface area contributed by atoms with Gasteiger partial charge in [0.05, 0.1) is 12.3 Å². The van der Waals surface area contributed by atoms with Gasteiger partial charge in [0.1, 0.15) is 0 Å². The monoisotopic (exact) mass is 305 g/mol. The van der Waals surface area contributed by atoms with Crippen LogP contribution >= 0.6 is 0 Å². The molecule has 0 unspecified atom stereocenters. The Balaban J connectivity index is 1.91. The summed E-state index contributed by atoms with van der Waals surface area (Å²) in [5, 5.41) is 0. The van der Waals surface area contributed by atoms with Crippen LogP contribution in [-0.4, -0.2) is 10.8 Å². The molecule has 3 rings (SSSR count). The number of carbonyl (C=O) groups is 1. The predicted molar refractivity (Wildman–Crippen MR) is 89.9 cm³/mol. The van der Waals surface area contributed by atoms with Crippen molar-refractivity contribution in [3.8, 4) is 0 Å². The Kier molecular flexibility index (Phi) is 4.57. The first-order valence-corrected chi connectivity index (χ1v) is 7.69. The minimum absolute atomic E-state index is 0.0472. The van der Waals surface area contributed by atoms with Crippen LogP contribution in [0.2, 0.25) is 0 Å². The quantitative estimate of drug-likeness (QED) is 0.685. The Labute approximate surface area is 136 Å². The van der Waals surface area contributed by atoms with Crippen molar-refractivity contribution in [1.82, 2.24) is 4.90 Å². The van der Waals surface area contributed by atoms with E-state index in [4.69, 9.17) is 4.42 Å². The summed E-state index contributed by atoms with van der Waals surface area (Å²) in [5.41, 5.74) is 2.19. The third kappa shape index (κ3) is 3.51. The maximum absolute atomic E-state index is 12.9. The fraction of sp³-hybridized carbons (Fsp3) is 0.150. The molecule has 0 saturated carbocycles. The van der Waals surface area contributed by atoms with E-state index in [1.165, 1.54) is 6.26 Å². The van der Waals surface area contributed by atoms with E-state index in [-0.39, 0.29) is 11.9 Å². The fourth-order valence-electron chi connectivity index (χ4n) is 2.62. The summed E-state index contributed by atoms with van der Waals surface area (Å²) in [4.78, 5) is 14.7. The van der Waals surface area contributed by atoms with Crippen molar-refractivity contribution in [3.05, 3.63) is 95.9 Å². The number of benzene rings is 2. The average Bonchev–Trinajstić information content (AvgIpc) is 3.15. The van der Waals surface area contributed by atoms with E-state index in [0.29, 0.717) is 12.3 Å². The molecule has 0 aliphatic rings. The summed E-state index contributed by atoms with van der Waals surface area (Å²) in [6.45, 7) is 2.58.